The number of aromatic nitrogens is 1. The van der Waals surface area contributed by atoms with Gasteiger partial charge in [-0.1, -0.05) is 29.8 Å². The molecule has 0 aliphatic heterocycles. The van der Waals surface area contributed by atoms with Crippen molar-refractivity contribution in [1.82, 2.24) is 4.98 Å². The molecular formula is C13H13ClN2. The van der Waals surface area contributed by atoms with Gasteiger partial charge in [-0.15, -0.1) is 0 Å². The zero-order valence-corrected chi connectivity index (χ0v) is 9.78. The highest BCUT2D eigenvalue weighted by Crippen LogP contribution is 2.24. The summed E-state index contributed by atoms with van der Waals surface area (Å²) in [7, 11) is 0. The Kier molecular flexibility index (Phi) is 3.42. The van der Waals surface area contributed by atoms with E-state index in [1.54, 1.807) is 6.20 Å². The quantitative estimate of drug-likeness (QED) is 0.868. The van der Waals surface area contributed by atoms with E-state index in [1.165, 1.54) is 0 Å². The second kappa shape index (κ2) is 4.99. The molecular weight excluding hydrogens is 220 g/mol. The first kappa shape index (κ1) is 11.0. The molecule has 0 aliphatic carbocycles. The maximum Gasteiger partial charge on any atom is 0.0657 e. The minimum absolute atomic E-state index is 0.140. The van der Waals surface area contributed by atoms with Gasteiger partial charge in [0.15, 0.2) is 0 Å². The number of nitrogens with one attached hydrogen (secondary N) is 1. The van der Waals surface area contributed by atoms with Crippen molar-refractivity contribution in [2.45, 2.75) is 13.0 Å². The van der Waals surface area contributed by atoms with E-state index in [-0.39, 0.29) is 6.04 Å². The smallest absolute Gasteiger partial charge is 0.0657 e. The Bertz CT molecular complexity index is 456. The molecule has 16 heavy (non-hydrogen) atoms. The van der Waals surface area contributed by atoms with Gasteiger partial charge >= 0.3 is 0 Å². The minimum atomic E-state index is 0.140. The van der Waals surface area contributed by atoms with Crippen molar-refractivity contribution < 1.29 is 0 Å². The normalized spacial score (nSPS) is 12.1. The molecule has 2 aromatic rings. The van der Waals surface area contributed by atoms with E-state index in [9.17, 15) is 0 Å². The van der Waals surface area contributed by atoms with Gasteiger partial charge in [-0.05, 0) is 31.2 Å². The predicted octanol–water partition coefficient (Wildman–Crippen LogP) is 3.91. The zero-order chi connectivity index (χ0) is 11.4. The SMILES string of the molecule is CC(Nc1ccccc1Cl)c1ccccn1. The fourth-order valence-electron chi connectivity index (χ4n) is 1.52. The summed E-state index contributed by atoms with van der Waals surface area (Å²) in [5.41, 5.74) is 1.93. The fraction of sp³-hybridized carbons (Fsp3) is 0.154. The first-order valence-corrected chi connectivity index (χ1v) is 5.57. The van der Waals surface area contributed by atoms with Gasteiger partial charge in [0, 0.05) is 6.20 Å². The summed E-state index contributed by atoms with van der Waals surface area (Å²) in [6.07, 6.45) is 1.79. The topological polar surface area (TPSA) is 24.9 Å². The number of hydrogen-bond acceptors (Lipinski definition) is 2. The van der Waals surface area contributed by atoms with Crippen molar-refractivity contribution in [3.8, 4) is 0 Å². The monoisotopic (exact) mass is 232 g/mol. The molecule has 2 nitrogen and oxygen atoms in total. The average Bonchev–Trinajstić information content (AvgIpc) is 2.33. The standard InChI is InChI=1S/C13H13ClN2/c1-10(12-7-4-5-9-15-12)16-13-8-3-2-6-11(13)14/h2-10,16H,1H3. The molecule has 1 unspecified atom stereocenters. The van der Waals surface area contributed by atoms with Crippen LogP contribution in [0.15, 0.2) is 48.7 Å². The number of anilines is 1. The molecule has 1 aromatic carbocycles. The number of para-hydroxylation sites is 1. The average molecular weight is 233 g/mol. The van der Waals surface area contributed by atoms with Gasteiger partial charge in [-0.2, -0.15) is 0 Å². The van der Waals surface area contributed by atoms with Crippen LogP contribution in [0.25, 0.3) is 0 Å². The van der Waals surface area contributed by atoms with Gasteiger partial charge in [-0.3, -0.25) is 4.98 Å². The Morgan fingerprint density at radius 2 is 1.88 bits per heavy atom. The third-order valence-electron chi connectivity index (χ3n) is 2.38. The van der Waals surface area contributed by atoms with Crippen LogP contribution in [0.3, 0.4) is 0 Å². The molecule has 0 amide bonds. The molecule has 1 atom stereocenters. The van der Waals surface area contributed by atoms with Crippen LogP contribution < -0.4 is 5.32 Å². The van der Waals surface area contributed by atoms with E-state index < -0.39 is 0 Å². The van der Waals surface area contributed by atoms with Crippen LogP contribution in [0.2, 0.25) is 5.02 Å². The predicted molar refractivity (Wildman–Crippen MR) is 67.7 cm³/mol. The Balaban J connectivity index is 2.14. The van der Waals surface area contributed by atoms with Crippen LogP contribution in [-0.4, -0.2) is 4.98 Å². The van der Waals surface area contributed by atoms with Crippen LogP contribution >= 0.6 is 11.6 Å². The van der Waals surface area contributed by atoms with Crippen molar-refractivity contribution in [3.05, 3.63) is 59.4 Å². The van der Waals surface area contributed by atoms with Crippen molar-refractivity contribution in [2.75, 3.05) is 5.32 Å². The van der Waals surface area contributed by atoms with Crippen molar-refractivity contribution in [2.24, 2.45) is 0 Å². The van der Waals surface area contributed by atoms with Crippen molar-refractivity contribution in [1.29, 1.82) is 0 Å². The van der Waals surface area contributed by atoms with Crippen LogP contribution in [-0.2, 0) is 0 Å². The number of hydrogen-bond donors (Lipinski definition) is 1. The van der Waals surface area contributed by atoms with E-state index in [0.29, 0.717) is 0 Å². The second-order valence-electron chi connectivity index (χ2n) is 3.60. The first-order valence-electron chi connectivity index (χ1n) is 5.19. The highest BCUT2D eigenvalue weighted by molar-refractivity contribution is 6.33. The van der Waals surface area contributed by atoms with E-state index in [2.05, 4.69) is 17.2 Å². The first-order chi connectivity index (χ1) is 7.77. The van der Waals surface area contributed by atoms with Gasteiger partial charge in [-0.25, -0.2) is 0 Å². The summed E-state index contributed by atoms with van der Waals surface area (Å²) < 4.78 is 0. The van der Waals surface area contributed by atoms with Gasteiger partial charge in [0.1, 0.15) is 0 Å². The van der Waals surface area contributed by atoms with Crippen LogP contribution in [0.5, 0.6) is 0 Å². The second-order valence-corrected chi connectivity index (χ2v) is 4.01. The number of benzene rings is 1. The Hall–Kier alpha value is -1.54. The molecule has 0 bridgehead atoms. The summed E-state index contributed by atoms with van der Waals surface area (Å²) in [4.78, 5) is 4.30. The maximum absolute atomic E-state index is 6.07. The molecule has 1 aromatic heterocycles. The lowest BCUT2D eigenvalue weighted by Gasteiger charge is -2.15. The molecule has 0 radical (unpaired) electrons. The summed E-state index contributed by atoms with van der Waals surface area (Å²) >= 11 is 6.07. The summed E-state index contributed by atoms with van der Waals surface area (Å²) in [6.45, 7) is 2.06. The lowest BCUT2D eigenvalue weighted by Crippen LogP contribution is -2.08. The third-order valence-corrected chi connectivity index (χ3v) is 2.71. The van der Waals surface area contributed by atoms with Gasteiger partial charge in [0.05, 0.1) is 22.4 Å². The maximum atomic E-state index is 6.07. The van der Waals surface area contributed by atoms with Gasteiger partial charge in [0.25, 0.3) is 0 Å². The van der Waals surface area contributed by atoms with Crippen LogP contribution in [0.4, 0.5) is 5.69 Å². The molecule has 82 valence electrons. The van der Waals surface area contributed by atoms with Crippen molar-refractivity contribution in [3.63, 3.8) is 0 Å². The molecule has 2 rings (SSSR count). The molecule has 1 heterocycles. The number of halogens is 1. The summed E-state index contributed by atoms with van der Waals surface area (Å²) in [5.74, 6) is 0. The summed E-state index contributed by atoms with van der Waals surface area (Å²) in [5, 5.41) is 4.06. The van der Waals surface area contributed by atoms with E-state index in [4.69, 9.17) is 11.6 Å². The molecule has 0 saturated heterocycles. The Morgan fingerprint density at radius 3 is 2.56 bits per heavy atom. The lowest BCUT2D eigenvalue weighted by molar-refractivity contribution is 0.839. The number of nitrogens with zero attached hydrogens (tertiary/aromatic N) is 1. The largest absolute Gasteiger partial charge is 0.376 e. The molecule has 3 heteroatoms. The van der Waals surface area contributed by atoms with E-state index in [0.717, 1.165) is 16.4 Å². The number of pyridine rings is 1. The van der Waals surface area contributed by atoms with E-state index in [1.807, 2.05) is 42.5 Å². The molecule has 0 spiro atoms. The Labute approximate surface area is 100 Å². The van der Waals surface area contributed by atoms with Crippen molar-refractivity contribution >= 4 is 17.3 Å². The van der Waals surface area contributed by atoms with Gasteiger partial charge in [0.2, 0.25) is 0 Å². The molecule has 0 fully saturated rings. The fourth-order valence-corrected chi connectivity index (χ4v) is 1.71. The van der Waals surface area contributed by atoms with Crippen LogP contribution in [0.1, 0.15) is 18.7 Å². The van der Waals surface area contributed by atoms with Crippen LogP contribution in [0, 0.1) is 0 Å². The Morgan fingerprint density at radius 1 is 1.12 bits per heavy atom. The molecule has 1 N–H and O–H groups in total. The third kappa shape index (κ3) is 2.52. The molecule has 0 aliphatic rings. The number of rotatable bonds is 3. The minimum Gasteiger partial charge on any atom is -0.376 e. The highest BCUT2D eigenvalue weighted by Gasteiger charge is 2.07. The zero-order valence-electron chi connectivity index (χ0n) is 9.02. The molecule has 0 saturated carbocycles. The van der Waals surface area contributed by atoms with E-state index >= 15 is 0 Å². The lowest BCUT2D eigenvalue weighted by atomic mass is 10.2. The van der Waals surface area contributed by atoms with Gasteiger partial charge < -0.3 is 5.32 Å². The summed E-state index contributed by atoms with van der Waals surface area (Å²) in [6, 6.07) is 13.7. The highest BCUT2D eigenvalue weighted by atomic mass is 35.5.